The second kappa shape index (κ2) is 7.35. The van der Waals surface area contributed by atoms with E-state index in [1.807, 2.05) is 4.90 Å². The van der Waals surface area contributed by atoms with Crippen molar-refractivity contribution in [3.05, 3.63) is 67.7 Å². The van der Waals surface area contributed by atoms with Crippen LogP contribution in [-0.2, 0) is 25.4 Å². The Bertz CT molecular complexity index is 941. The molecule has 0 atom stereocenters. The van der Waals surface area contributed by atoms with Crippen LogP contribution in [0.25, 0.3) is 0 Å². The van der Waals surface area contributed by atoms with Gasteiger partial charge >= 0.3 is 5.69 Å². The van der Waals surface area contributed by atoms with E-state index in [0.29, 0.717) is 32.0 Å². The number of ketones is 1. The van der Waals surface area contributed by atoms with Gasteiger partial charge in [-0.05, 0) is 24.3 Å². The van der Waals surface area contributed by atoms with Crippen molar-refractivity contribution in [1.29, 1.82) is 0 Å². The van der Waals surface area contributed by atoms with Gasteiger partial charge < -0.3 is 4.74 Å². The quantitative estimate of drug-likeness (QED) is 0.732. The molecule has 0 bridgehead atoms. The van der Waals surface area contributed by atoms with Crippen LogP contribution < -0.4 is 11.2 Å². The molecule has 2 heterocycles. The van der Waals surface area contributed by atoms with Gasteiger partial charge in [-0.1, -0.05) is 0 Å². The Morgan fingerprint density at radius 2 is 1.69 bits per heavy atom. The molecule has 0 amide bonds. The maximum atomic E-state index is 13.2. The molecule has 7 nitrogen and oxygen atoms in total. The fourth-order valence-corrected chi connectivity index (χ4v) is 3.02. The van der Waals surface area contributed by atoms with Gasteiger partial charge in [0.25, 0.3) is 5.56 Å². The summed E-state index contributed by atoms with van der Waals surface area (Å²) in [6.07, 6.45) is 0. The molecule has 1 fully saturated rings. The van der Waals surface area contributed by atoms with Gasteiger partial charge in [-0.25, -0.2) is 9.18 Å². The summed E-state index contributed by atoms with van der Waals surface area (Å²) in [4.78, 5) is 40.0. The second-order valence-corrected chi connectivity index (χ2v) is 6.25. The van der Waals surface area contributed by atoms with Crippen molar-refractivity contribution < 1.29 is 13.9 Å². The van der Waals surface area contributed by atoms with Crippen molar-refractivity contribution in [1.82, 2.24) is 14.0 Å². The van der Waals surface area contributed by atoms with Crippen LogP contribution >= 0.6 is 0 Å². The van der Waals surface area contributed by atoms with E-state index in [0.717, 1.165) is 4.57 Å². The number of ether oxygens (including phenoxy) is 1. The lowest BCUT2D eigenvalue weighted by Crippen LogP contribution is -2.45. The van der Waals surface area contributed by atoms with Crippen molar-refractivity contribution in [2.45, 2.75) is 6.54 Å². The number of hydrogen-bond donors (Lipinski definition) is 0. The molecule has 0 aliphatic carbocycles. The molecule has 1 aromatic heterocycles. The molecular formula is C18H20FN3O4. The third-order valence-electron chi connectivity index (χ3n) is 4.60. The minimum absolute atomic E-state index is 0.0623. The highest BCUT2D eigenvalue weighted by Crippen LogP contribution is 2.14. The summed E-state index contributed by atoms with van der Waals surface area (Å²) < 4.78 is 20.7. The second-order valence-electron chi connectivity index (χ2n) is 6.25. The first kappa shape index (κ1) is 18.2. The summed E-state index contributed by atoms with van der Waals surface area (Å²) in [5.41, 5.74) is -0.646. The Morgan fingerprint density at radius 1 is 1.08 bits per heavy atom. The van der Waals surface area contributed by atoms with Crippen LogP contribution in [0.1, 0.15) is 21.6 Å². The molecule has 0 spiro atoms. The van der Waals surface area contributed by atoms with Crippen molar-refractivity contribution in [2.75, 3.05) is 26.3 Å². The molecule has 2 aromatic rings. The lowest BCUT2D eigenvalue weighted by atomic mass is 10.0. The van der Waals surface area contributed by atoms with Crippen LogP contribution in [0, 0.1) is 5.82 Å². The Morgan fingerprint density at radius 3 is 2.31 bits per heavy atom. The number of rotatable bonds is 4. The van der Waals surface area contributed by atoms with Crippen LogP contribution in [0.15, 0.2) is 33.9 Å². The van der Waals surface area contributed by atoms with Crippen LogP contribution in [0.5, 0.6) is 0 Å². The highest BCUT2D eigenvalue weighted by Gasteiger charge is 2.25. The Hall–Kier alpha value is -2.58. The largest absolute Gasteiger partial charge is 0.379 e. The number of benzene rings is 1. The van der Waals surface area contributed by atoms with Crippen molar-refractivity contribution in [2.24, 2.45) is 14.1 Å². The van der Waals surface area contributed by atoms with E-state index in [1.54, 1.807) is 7.05 Å². The molecule has 0 unspecified atom stereocenters. The molecule has 3 rings (SSSR count). The van der Waals surface area contributed by atoms with Crippen molar-refractivity contribution in [3.8, 4) is 0 Å². The molecule has 8 heteroatoms. The van der Waals surface area contributed by atoms with Crippen molar-refractivity contribution in [3.63, 3.8) is 0 Å². The standard InChI is InChI=1S/C18H20FN3O4/c1-20-14(11-22-7-9-26-10-8-22)15(17(24)21(2)18(20)25)16(23)12-3-5-13(19)6-4-12/h3-6H,7-11H2,1-2H3. The zero-order valence-corrected chi connectivity index (χ0v) is 14.7. The summed E-state index contributed by atoms with van der Waals surface area (Å²) in [6, 6.07) is 5.00. The molecule has 1 aliphatic heterocycles. The van der Waals surface area contributed by atoms with Crippen LogP contribution in [0.2, 0.25) is 0 Å². The monoisotopic (exact) mass is 361 g/mol. The summed E-state index contributed by atoms with van der Waals surface area (Å²) >= 11 is 0. The van der Waals surface area contributed by atoms with E-state index in [2.05, 4.69) is 0 Å². The van der Waals surface area contributed by atoms with Crippen LogP contribution in [0.4, 0.5) is 4.39 Å². The third kappa shape index (κ3) is 3.38. The summed E-state index contributed by atoms with van der Waals surface area (Å²) in [6.45, 7) is 2.69. The first-order valence-corrected chi connectivity index (χ1v) is 8.29. The van der Waals surface area contributed by atoms with Gasteiger partial charge in [-0.2, -0.15) is 0 Å². The van der Waals surface area contributed by atoms with Gasteiger partial charge in [-0.3, -0.25) is 23.6 Å². The Labute approximate surface area is 149 Å². The summed E-state index contributed by atoms with van der Waals surface area (Å²) in [7, 11) is 2.88. The molecule has 0 radical (unpaired) electrons. The van der Waals surface area contributed by atoms with E-state index in [-0.39, 0.29) is 17.7 Å². The number of morpholine rings is 1. The average molecular weight is 361 g/mol. The molecule has 1 aromatic carbocycles. The normalized spacial score (nSPS) is 15.2. The SMILES string of the molecule is Cn1c(CN2CCOCC2)c(C(=O)c2ccc(F)cc2)c(=O)n(C)c1=O. The molecule has 0 saturated carbocycles. The molecule has 1 saturated heterocycles. The van der Waals surface area contributed by atoms with E-state index >= 15 is 0 Å². The maximum absolute atomic E-state index is 13.2. The van der Waals surface area contributed by atoms with E-state index in [9.17, 15) is 18.8 Å². The Balaban J connectivity index is 2.12. The summed E-state index contributed by atoms with van der Waals surface area (Å²) in [5.74, 6) is -0.993. The lowest BCUT2D eigenvalue weighted by molar-refractivity contribution is 0.0329. The van der Waals surface area contributed by atoms with Crippen molar-refractivity contribution >= 4 is 5.78 Å². The number of nitrogens with zero attached hydrogens (tertiary/aromatic N) is 3. The first-order chi connectivity index (χ1) is 12.4. The Kier molecular flexibility index (Phi) is 5.15. The highest BCUT2D eigenvalue weighted by molar-refractivity contribution is 6.09. The molecule has 0 N–H and O–H groups in total. The minimum Gasteiger partial charge on any atom is -0.379 e. The average Bonchev–Trinajstić information content (AvgIpc) is 2.65. The number of hydrogen-bond acceptors (Lipinski definition) is 5. The van der Waals surface area contributed by atoms with Crippen LogP contribution in [-0.4, -0.2) is 46.1 Å². The van der Waals surface area contributed by atoms with E-state index in [4.69, 9.17) is 4.74 Å². The molecule has 1 aliphatic rings. The third-order valence-corrected chi connectivity index (χ3v) is 4.60. The van der Waals surface area contributed by atoms with E-state index in [1.165, 1.54) is 35.9 Å². The molecule has 26 heavy (non-hydrogen) atoms. The number of halogens is 1. The number of aromatic nitrogens is 2. The maximum Gasteiger partial charge on any atom is 0.330 e. The zero-order valence-electron chi connectivity index (χ0n) is 14.7. The fourth-order valence-electron chi connectivity index (χ4n) is 3.02. The van der Waals surface area contributed by atoms with Gasteiger partial charge in [0, 0.05) is 39.3 Å². The topological polar surface area (TPSA) is 73.5 Å². The van der Waals surface area contributed by atoms with Gasteiger partial charge in [0.05, 0.1) is 18.9 Å². The van der Waals surface area contributed by atoms with Crippen LogP contribution in [0.3, 0.4) is 0 Å². The predicted octanol–water partition coefficient (Wildman–Crippen LogP) is 0.286. The molecule has 138 valence electrons. The first-order valence-electron chi connectivity index (χ1n) is 8.29. The molecular weight excluding hydrogens is 341 g/mol. The fraction of sp³-hybridized carbons (Fsp3) is 0.389. The van der Waals surface area contributed by atoms with Gasteiger partial charge in [0.2, 0.25) is 0 Å². The number of carbonyl (C=O) groups excluding carboxylic acids is 1. The number of carbonyl (C=O) groups is 1. The minimum atomic E-state index is -0.648. The highest BCUT2D eigenvalue weighted by atomic mass is 19.1. The summed E-state index contributed by atoms with van der Waals surface area (Å²) in [5, 5.41) is 0. The smallest absolute Gasteiger partial charge is 0.330 e. The van der Waals surface area contributed by atoms with Gasteiger partial charge in [0.15, 0.2) is 5.78 Å². The van der Waals surface area contributed by atoms with E-state index < -0.39 is 22.8 Å². The van der Waals surface area contributed by atoms with Gasteiger partial charge in [-0.15, -0.1) is 0 Å². The van der Waals surface area contributed by atoms with Gasteiger partial charge in [0.1, 0.15) is 11.4 Å². The zero-order chi connectivity index (χ0) is 18.8. The lowest BCUT2D eigenvalue weighted by Gasteiger charge is -2.28. The predicted molar refractivity (Wildman–Crippen MR) is 92.9 cm³/mol.